The monoisotopic (exact) mass is 422 g/mol. The van der Waals surface area contributed by atoms with Gasteiger partial charge in [0.15, 0.2) is 0 Å². The highest BCUT2D eigenvalue weighted by Crippen LogP contribution is 2.21. The summed E-state index contributed by atoms with van der Waals surface area (Å²) in [4.78, 5) is 12.6. The van der Waals surface area contributed by atoms with E-state index in [-0.39, 0.29) is 5.91 Å². The van der Waals surface area contributed by atoms with Gasteiger partial charge >= 0.3 is 0 Å². The van der Waals surface area contributed by atoms with Crippen molar-refractivity contribution in [2.24, 2.45) is 0 Å². The minimum atomic E-state index is -0.101. The van der Waals surface area contributed by atoms with E-state index in [1.807, 2.05) is 55.5 Å². The number of rotatable bonds is 6. The fourth-order valence-corrected chi connectivity index (χ4v) is 3.46. The van der Waals surface area contributed by atoms with Crippen molar-refractivity contribution in [3.63, 3.8) is 0 Å². The van der Waals surface area contributed by atoms with Crippen molar-refractivity contribution < 1.29 is 4.79 Å². The maximum absolute atomic E-state index is 12.6. The molecule has 0 saturated carbocycles. The highest BCUT2D eigenvalue weighted by Gasteiger charge is 2.09. The van der Waals surface area contributed by atoms with Gasteiger partial charge in [-0.05, 0) is 66.4 Å². The first kappa shape index (κ1) is 19.2. The molecule has 3 rings (SSSR count). The van der Waals surface area contributed by atoms with Crippen LogP contribution >= 0.6 is 15.9 Å². The van der Waals surface area contributed by atoms with Crippen LogP contribution in [0, 0.1) is 6.92 Å². The van der Waals surface area contributed by atoms with Gasteiger partial charge in [0.25, 0.3) is 5.91 Å². The predicted molar refractivity (Wildman–Crippen MR) is 116 cm³/mol. The molecule has 0 spiro atoms. The SMILES string of the molecule is CCc1ccccc1NCc1cccc(C(=O)Nc2ccc(Br)cc2C)c1. The van der Waals surface area contributed by atoms with Crippen LogP contribution in [0.4, 0.5) is 11.4 Å². The number of halogens is 1. The first-order valence-electron chi connectivity index (χ1n) is 9.05. The highest BCUT2D eigenvalue weighted by molar-refractivity contribution is 9.10. The Labute approximate surface area is 168 Å². The molecule has 3 nitrogen and oxygen atoms in total. The lowest BCUT2D eigenvalue weighted by molar-refractivity contribution is 0.102. The van der Waals surface area contributed by atoms with E-state index in [9.17, 15) is 4.79 Å². The van der Waals surface area contributed by atoms with E-state index >= 15 is 0 Å². The van der Waals surface area contributed by atoms with E-state index in [4.69, 9.17) is 0 Å². The van der Waals surface area contributed by atoms with Crippen molar-refractivity contribution in [2.75, 3.05) is 10.6 Å². The minimum absolute atomic E-state index is 0.101. The number of anilines is 2. The number of aryl methyl sites for hydroxylation is 2. The standard InChI is InChI=1S/C23H23BrN2O/c1-3-18-8-4-5-10-22(18)25-15-17-7-6-9-19(14-17)23(27)26-21-12-11-20(24)13-16(21)2/h4-14,25H,3,15H2,1-2H3,(H,26,27). The zero-order valence-electron chi connectivity index (χ0n) is 15.6. The lowest BCUT2D eigenvalue weighted by Crippen LogP contribution is -2.13. The van der Waals surface area contributed by atoms with Gasteiger partial charge in [-0.15, -0.1) is 0 Å². The molecule has 4 heteroatoms. The number of hydrogen-bond donors (Lipinski definition) is 2. The Bertz CT molecular complexity index is 953. The van der Waals surface area contributed by atoms with Crippen LogP contribution in [0.5, 0.6) is 0 Å². The van der Waals surface area contributed by atoms with Crippen molar-refractivity contribution in [1.82, 2.24) is 0 Å². The molecule has 3 aromatic rings. The van der Waals surface area contributed by atoms with Crippen LogP contribution in [0.2, 0.25) is 0 Å². The molecular weight excluding hydrogens is 400 g/mol. The summed E-state index contributed by atoms with van der Waals surface area (Å²) in [7, 11) is 0. The molecule has 3 aromatic carbocycles. The number of amides is 1. The number of carbonyl (C=O) groups excluding carboxylic acids is 1. The number of nitrogens with one attached hydrogen (secondary N) is 2. The molecule has 0 aliphatic carbocycles. The second-order valence-electron chi connectivity index (χ2n) is 6.48. The lowest BCUT2D eigenvalue weighted by atomic mass is 10.1. The molecule has 0 unspecified atom stereocenters. The number of hydrogen-bond acceptors (Lipinski definition) is 2. The normalized spacial score (nSPS) is 10.5. The zero-order chi connectivity index (χ0) is 19.2. The molecule has 0 saturated heterocycles. The van der Waals surface area contributed by atoms with Crippen molar-refractivity contribution in [3.05, 3.63) is 93.5 Å². The number of carbonyl (C=O) groups is 1. The smallest absolute Gasteiger partial charge is 0.255 e. The van der Waals surface area contributed by atoms with Gasteiger partial charge in [0, 0.05) is 28.0 Å². The average Bonchev–Trinajstić information content (AvgIpc) is 2.69. The van der Waals surface area contributed by atoms with Crippen molar-refractivity contribution in [3.8, 4) is 0 Å². The predicted octanol–water partition coefficient (Wildman–Crippen LogP) is 6.18. The summed E-state index contributed by atoms with van der Waals surface area (Å²) in [5.74, 6) is -0.101. The molecule has 0 bridgehead atoms. The second kappa shape index (κ2) is 8.87. The van der Waals surface area contributed by atoms with Crippen LogP contribution in [0.3, 0.4) is 0 Å². The molecule has 0 aliphatic rings. The van der Waals surface area contributed by atoms with Crippen LogP contribution in [-0.2, 0) is 13.0 Å². The van der Waals surface area contributed by atoms with Gasteiger partial charge < -0.3 is 10.6 Å². The third-order valence-corrected chi connectivity index (χ3v) is 5.00. The first-order valence-corrected chi connectivity index (χ1v) is 9.84. The fourth-order valence-electron chi connectivity index (χ4n) is 2.98. The summed E-state index contributed by atoms with van der Waals surface area (Å²) in [6, 6.07) is 21.9. The van der Waals surface area contributed by atoms with Crippen LogP contribution < -0.4 is 10.6 Å². The van der Waals surface area contributed by atoms with Gasteiger partial charge in [0.2, 0.25) is 0 Å². The van der Waals surface area contributed by atoms with E-state index in [2.05, 4.69) is 51.7 Å². The summed E-state index contributed by atoms with van der Waals surface area (Å²) in [5, 5.41) is 6.47. The topological polar surface area (TPSA) is 41.1 Å². The summed E-state index contributed by atoms with van der Waals surface area (Å²) in [5.41, 5.74) is 5.99. The third kappa shape index (κ3) is 4.98. The average molecular weight is 423 g/mol. The van der Waals surface area contributed by atoms with Crippen molar-refractivity contribution >= 4 is 33.2 Å². The van der Waals surface area contributed by atoms with E-state index in [0.717, 1.165) is 33.4 Å². The largest absolute Gasteiger partial charge is 0.381 e. The second-order valence-corrected chi connectivity index (χ2v) is 7.39. The van der Waals surface area contributed by atoms with E-state index in [1.54, 1.807) is 0 Å². The van der Waals surface area contributed by atoms with Gasteiger partial charge in [-0.1, -0.05) is 53.2 Å². The van der Waals surface area contributed by atoms with Gasteiger partial charge in [0.05, 0.1) is 0 Å². The zero-order valence-corrected chi connectivity index (χ0v) is 17.1. The Hall–Kier alpha value is -2.59. The summed E-state index contributed by atoms with van der Waals surface area (Å²) >= 11 is 3.44. The molecule has 1 amide bonds. The fraction of sp³-hybridized carbons (Fsp3) is 0.174. The van der Waals surface area contributed by atoms with E-state index < -0.39 is 0 Å². The molecule has 0 aromatic heterocycles. The molecule has 2 N–H and O–H groups in total. The number of para-hydroxylation sites is 1. The van der Waals surface area contributed by atoms with Crippen molar-refractivity contribution in [1.29, 1.82) is 0 Å². The Kier molecular flexibility index (Phi) is 6.30. The Morgan fingerprint density at radius 1 is 0.963 bits per heavy atom. The Morgan fingerprint density at radius 2 is 1.78 bits per heavy atom. The number of benzene rings is 3. The molecule has 0 aliphatic heterocycles. The lowest BCUT2D eigenvalue weighted by Gasteiger charge is -2.12. The maximum atomic E-state index is 12.6. The van der Waals surface area contributed by atoms with Gasteiger partial charge in [-0.2, -0.15) is 0 Å². The van der Waals surface area contributed by atoms with Crippen LogP contribution in [0.1, 0.15) is 34.0 Å². The van der Waals surface area contributed by atoms with Crippen molar-refractivity contribution in [2.45, 2.75) is 26.8 Å². The quantitative estimate of drug-likeness (QED) is 0.497. The summed E-state index contributed by atoms with van der Waals surface area (Å²) in [6.07, 6.45) is 0.984. The van der Waals surface area contributed by atoms with Gasteiger partial charge in [0.1, 0.15) is 0 Å². The highest BCUT2D eigenvalue weighted by atomic mass is 79.9. The molecule has 138 valence electrons. The van der Waals surface area contributed by atoms with E-state index in [0.29, 0.717) is 12.1 Å². The Morgan fingerprint density at radius 3 is 2.56 bits per heavy atom. The Balaban J connectivity index is 1.70. The summed E-state index contributed by atoms with van der Waals surface area (Å²) < 4.78 is 0.999. The molecule has 0 atom stereocenters. The molecule has 0 radical (unpaired) electrons. The minimum Gasteiger partial charge on any atom is -0.381 e. The molecule has 0 fully saturated rings. The molecule has 27 heavy (non-hydrogen) atoms. The third-order valence-electron chi connectivity index (χ3n) is 4.51. The molecule has 0 heterocycles. The van der Waals surface area contributed by atoms with Crippen LogP contribution in [-0.4, -0.2) is 5.91 Å². The van der Waals surface area contributed by atoms with Gasteiger partial charge in [-0.25, -0.2) is 0 Å². The van der Waals surface area contributed by atoms with Crippen LogP contribution in [0.25, 0.3) is 0 Å². The van der Waals surface area contributed by atoms with Crippen LogP contribution in [0.15, 0.2) is 71.2 Å². The first-order chi connectivity index (χ1) is 13.1. The maximum Gasteiger partial charge on any atom is 0.255 e. The molecular formula is C23H23BrN2O. The van der Waals surface area contributed by atoms with Gasteiger partial charge in [-0.3, -0.25) is 4.79 Å². The summed E-state index contributed by atoms with van der Waals surface area (Å²) in [6.45, 7) is 4.80. The van der Waals surface area contributed by atoms with E-state index in [1.165, 1.54) is 5.56 Å².